The molecule has 0 atom stereocenters. The molecule has 1 aliphatic rings. The Bertz CT molecular complexity index is 565. The van der Waals surface area contributed by atoms with E-state index in [2.05, 4.69) is 0 Å². The number of carbonyl (C=O) groups excluding carboxylic acids is 1. The number of rotatable bonds is 2. The Balaban J connectivity index is 2.37. The number of aldehydes is 1. The fraction of sp³-hybridized carbons (Fsp3) is 0.214. The van der Waals surface area contributed by atoms with Crippen molar-refractivity contribution >= 4 is 28.7 Å². The van der Waals surface area contributed by atoms with E-state index in [-0.39, 0.29) is 5.41 Å². The van der Waals surface area contributed by atoms with Crippen molar-refractivity contribution in [2.75, 3.05) is 0 Å². The first-order valence-corrected chi connectivity index (χ1v) is 5.79. The highest BCUT2D eigenvalue weighted by Gasteiger charge is 2.45. The Hall–Kier alpha value is -1.34. The highest BCUT2D eigenvalue weighted by Crippen LogP contribution is 2.49. The topological polar surface area (TPSA) is 17.1 Å². The molecule has 3 rings (SSSR count). The second-order valence-electron chi connectivity index (χ2n) is 4.42. The lowest BCUT2D eigenvalue weighted by atomic mass is 9.92. The molecule has 1 nitrogen and oxygen atoms in total. The van der Waals surface area contributed by atoms with Crippen LogP contribution in [0.3, 0.4) is 0 Å². The summed E-state index contributed by atoms with van der Waals surface area (Å²) in [5.74, 6) is 0. The average Bonchev–Trinajstić information content (AvgIpc) is 3.10. The maximum absolute atomic E-state index is 11.2. The van der Waals surface area contributed by atoms with Gasteiger partial charge in [0.1, 0.15) is 6.29 Å². The summed E-state index contributed by atoms with van der Waals surface area (Å²) in [6, 6.07) is 11.9. The van der Waals surface area contributed by atoms with Gasteiger partial charge in [-0.25, -0.2) is 0 Å². The van der Waals surface area contributed by atoms with Gasteiger partial charge in [-0.2, -0.15) is 0 Å². The van der Waals surface area contributed by atoms with Crippen molar-refractivity contribution < 1.29 is 4.79 Å². The van der Waals surface area contributed by atoms with Gasteiger partial charge in [-0.05, 0) is 29.9 Å². The van der Waals surface area contributed by atoms with E-state index in [0.717, 1.165) is 40.5 Å². The van der Waals surface area contributed by atoms with E-state index in [1.54, 1.807) is 0 Å². The molecule has 0 amide bonds. The summed E-state index contributed by atoms with van der Waals surface area (Å²) in [6.07, 6.45) is 2.97. The van der Waals surface area contributed by atoms with Gasteiger partial charge < -0.3 is 4.79 Å². The summed E-state index contributed by atoms with van der Waals surface area (Å²) in [5.41, 5.74) is 0.829. The fourth-order valence-corrected chi connectivity index (χ4v) is 2.58. The van der Waals surface area contributed by atoms with Crippen LogP contribution in [-0.4, -0.2) is 6.29 Å². The predicted octanol–water partition coefficient (Wildman–Crippen LogP) is 3.72. The normalized spacial score (nSPS) is 17.3. The van der Waals surface area contributed by atoms with Crippen LogP contribution in [0.2, 0.25) is 5.02 Å². The smallest absolute Gasteiger partial charge is 0.130 e. The molecule has 1 fully saturated rings. The Kier molecular flexibility index (Phi) is 2.05. The molecule has 16 heavy (non-hydrogen) atoms. The van der Waals surface area contributed by atoms with Gasteiger partial charge in [0.05, 0.1) is 5.41 Å². The van der Waals surface area contributed by atoms with E-state index >= 15 is 0 Å². The summed E-state index contributed by atoms with van der Waals surface area (Å²) in [7, 11) is 0. The van der Waals surface area contributed by atoms with E-state index in [4.69, 9.17) is 11.6 Å². The minimum absolute atomic E-state index is 0.259. The number of hydrogen-bond acceptors (Lipinski definition) is 1. The van der Waals surface area contributed by atoms with E-state index in [9.17, 15) is 4.79 Å². The fourth-order valence-electron chi connectivity index (χ4n) is 2.30. The molecule has 2 aromatic carbocycles. The standard InChI is InChI=1S/C14H11ClO/c15-12-6-2-4-10-3-1-5-11(13(10)12)14(9-16)7-8-14/h1-6,9H,7-8H2. The Morgan fingerprint density at radius 1 is 1.12 bits per heavy atom. The Morgan fingerprint density at radius 3 is 2.44 bits per heavy atom. The van der Waals surface area contributed by atoms with E-state index in [1.165, 1.54) is 0 Å². The third-order valence-corrected chi connectivity index (χ3v) is 3.72. The van der Waals surface area contributed by atoms with Crippen molar-refractivity contribution in [3.05, 3.63) is 47.0 Å². The zero-order chi connectivity index (χ0) is 11.2. The lowest BCUT2D eigenvalue weighted by Gasteiger charge is -2.12. The van der Waals surface area contributed by atoms with Gasteiger partial charge in [0.15, 0.2) is 0 Å². The van der Waals surface area contributed by atoms with Crippen molar-refractivity contribution in [1.82, 2.24) is 0 Å². The number of halogens is 1. The summed E-state index contributed by atoms with van der Waals surface area (Å²) < 4.78 is 0. The number of fused-ring (bicyclic) bond motifs is 1. The summed E-state index contributed by atoms with van der Waals surface area (Å²) in [5, 5.41) is 2.88. The van der Waals surface area contributed by atoms with Crippen molar-refractivity contribution in [3.63, 3.8) is 0 Å². The van der Waals surface area contributed by atoms with Gasteiger partial charge in [-0.3, -0.25) is 0 Å². The monoisotopic (exact) mass is 230 g/mol. The van der Waals surface area contributed by atoms with Crippen LogP contribution in [-0.2, 0) is 10.2 Å². The predicted molar refractivity (Wildman–Crippen MR) is 65.9 cm³/mol. The minimum atomic E-state index is -0.259. The molecule has 0 aromatic heterocycles. The summed E-state index contributed by atoms with van der Waals surface area (Å²) in [4.78, 5) is 11.2. The molecule has 0 heterocycles. The highest BCUT2D eigenvalue weighted by molar-refractivity contribution is 6.36. The van der Waals surface area contributed by atoms with Crippen LogP contribution in [0.15, 0.2) is 36.4 Å². The van der Waals surface area contributed by atoms with Crippen LogP contribution in [0.1, 0.15) is 18.4 Å². The second kappa shape index (κ2) is 3.33. The van der Waals surface area contributed by atoms with E-state index in [1.807, 2.05) is 36.4 Å². The van der Waals surface area contributed by atoms with Crippen LogP contribution in [0.5, 0.6) is 0 Å². The summed E-state index contributed by atoms with van der Waals surface area (Å²) in [6.45, 7) is 0. The Morgan fingerprint density at radius 2 is 1.81 bits per heavy atom. The van der Waals surface area contributed by atoms with Gasteiger partial charge in [0.25, 0.3) is 0 Å². The molecule has 0 radical (unpaired) electrons. The lowest BCUT2D eigenvalue weighted by Crippen LogP contribution is -2.08. The molecule has 1 saturated carbocycles. The van der Waals surface area contributed by atoms with E-state index in [0.29, 0.717) is 0 Å². The van der Waals surface area contributed by atoms with Crippen molar-refractivity contribution in [1.29, 1.82) is 0 Å². The van der Waals surface area contributed by atoms with Crippen molar-refractivity contribution in [2.24, 2.45) is 0 Å². The van der Waals surface area contributed by atoms with Gasteiger partial charge in [0, 0.05) is 10.4 Å². The first-order valence-electron chi connectivity index (χ1n) is 5.41. The summed E-state index contributed by atoms with van der Waals surface area (Å²) >= 11 is 6.24. The first-order chi connectivity index (χ1) is 7.77. The Labute approximate surface area is 99.0 Å². The number of benzene rings is 2. The largest absolute Gasteiger partial charge is 0.302 e. The van der Waals surface area contributed by atoms with Gasteiger partial charge in [0.2, 0.25) is 0 Å². The molecule has 1 aliphatic carbocycles. The van der Waals surface area contributed by atoms with Gasteiger partial charge in [-0.1, -0.05) is 41.9 Å². The van der Waals surface area contributed by atoms with Crippen molar-refractivity contribution in [2.45, 2.75) is 18.3 Å². The minimum Gasteiger partial charge on any atom is -0.302 e. The van der Waals surface area contributed by atoms with Gasteiger partial charge in [-0.15, -0.1) is 0 Å². The molecule has 2 aromatic rings. The molecular weight excluding hydrogens is 220 g/mol. The zero-order valence-electron chi connectivity index (χ0n) is 8.74. The van der Waals surface area contributed by atoms with Crippen LogP contribution in [0.4, 0.5) is 0 Å². The molecule has 0 bridgehead atoms. The SMILES string of the molecule is O=CC1(c2cccc3cccc(Cl)c23)CC1. The van der Waals surface area contributed by atoms with Gasteiger partial charge >= 0.3 is 0 Å². The molecular formula is C14H11ClO. The molecule has 0 spiro atoms. The van der Waals surface area contributed by atoms with Crippen LogP contribution in [0.25, 0.3) is 10.8 Å². The maximum atomic E-state index is 11.2. The van der Waals surface area contributed by atoms with Crippen LogP contribution in [0, 0.1) is 0 Å². The number of carbonyl (C=O) groups is 1. The van der Waals surface area contributed by atoms with E-state index < -0.39 is 0 Å². The number of hydrogen-bond donors (Lipinski definition) is 0. The maximum Gasteiger partial charge on any atom is 0.130 e. The van der Waals surface area contributed by atoms with Crippen LogP contribution < -0.4 is 0 Å². The third kappa shape index (κ3) is 1.28. The quantitative estimate of drug-likeness (QED) is 0.719. The zero-order valence-corrected chi connectivity index (χ0v) is 9.50. The molecule has 0 aliphatic heterocycles. The molecule has 0 unspecified atom stereocenters. The molecule has 0 saturated heterocycles. The second-order valence-corrected chi connectivity index (χ2v) is 4.82. The third-order valence-electron chi connectivity index (χ3n) is 3.40. The highest BCUT2D eigenvalue weighted by atomic mass is 35.5. The molecule has 80 valence electrons. The average molecular weight is 231 g/mol. The molecule has 0 N–H and O–H groups in total. The van der Waals surface area contributed by atoms with Crippen LogP contribution >= 0.6 is 11.6 Å². The lowest BCUT2D eigenvalue weighted by molar-refractivity contribution is -0.109. The van der Waals surface area contributed by atoms with Crippen molar-refractivity contribution in [3.8, 4) is 0 Å². The first kappa shape index (κ1) is 9.86. The molecule has 2 heteroatoms.